The number of benzene rings is 1. The first kappa shape index (κ1) is 12.7. The Balaban J connectivity index is 2.19. The van der Waals surface area contributed by atoms with Crippen LogP contribution in [0.15, 0.2) is 24.3 Å². The van der Waals surface area contributed by atoms with Crippen molar-refractivity contribution in [2.75, 3.05) is 0 Å². The maximum absolute atomic E-state index is 2.36. The molecule has 0 radical (unpaired) electrons. The Bertz CT molecular complexity index is 351. The lowest BCUT2D eigenvalue weighted by Crippen LogP contribution is -2.20. The molecule has 1 aromatic carbocycles. The number of rotatable bonds is 3. The van der Waals surface area contributed by atoms with Crippen molar-refractivity contribution >= 4 is 0 Å². The quantitative estimate of drug-likeness (QED) is 0.659. The Morgan fingerprint density at radius 2 is 1.82 bits per heavy atom. The van der Waals surface area contributed by atoms with Crippen molar-refractivity contribution in [3.05, 3.63) is 35.4 Å². The molecule has 0 bridgehead atoms. The minimum absolute atomic E-state index is 0.826. The van der Waals surface area contributed by atoms with E-state index in [0.29, 0.717) is 0 Å². The molecule has 2 atom stereocenters. The lowest BCUT2D eigenvalue weighted by Gasteiger charge is -2.34. The largest absolute Gasteiger partial charge is 0.0628 e. The van der Waals surface area contributed by atoms with E-state index in [-0.39, 0.29) is 0 Å². The molecule has 0 N–H and O–H groups in total. The number of hydrogen-bond donors (Lipinski definition) is 0. The van der Waals surface area contributed by atoms with Crippen molar-refractivity contribution in [2.24, 2.45) is 11.8 Å². The van der Waals surface area contributed by atoms with Crippen LogP contribution in [0.25, 0.3) is 0 Å². The highest BCUT2D eigenvalue weighted by Crippen LogP contribution is 2.41. The third-order valence-electron chi connectivity index (χ3n) is 4.27. The van der Waals surface area contributed by atoms with Crippen molar-refractivity contribution in [1.29, 1.82) is 0 Å². The van der Waals surface area contributed by atoms with E-state index in [9.17, 15) is 0 Å². The molecule has 2 unspecified atom stereocenters. The minimum atomic E-state index is 0.826. The molecule has 0 aliphatic heterocycles. The van der Waals surface area contributed by atoms with E-state index in [1.54, 1.807) is 5.56 Å². The molecule has 0 heterocycles. The van der Waals surface area contributed by atoms with Crippen molar-refractivity contribution in [1.82, 2.24) is 0 Å². The van der Waals surface area contributed by atoms with Crippen LogP contribution in [0.3, 0.4) is 0 Å². The molecule has 0 nitrogen and oxygen atoms in total. The summed E-state index contributed by atoms with van der Waals surface area (Å²) in [6.07, 6.45) is 7.12. The van der Waals surface area contributed by atoms with Crippen LogP contribution in [0.5, 0.6) is 0 Å². The summed E-state index contributed by atoms with van der Waals surface area (Å²) in [4.78, 5) is 0. The van der Waals surface area contributed by atoms with Gasteiger partial charge in [0.05, 0.1) is 0 Å². The van der Waals surface area contributed by atoms with Crippen LogP contribution in [-0.4, -0.2) is 0 Å². The van der Waals surface area contributed by atoms with E-state index < -0.39 is 0 Å². The molecule has 0 spiro atoms. The minimum Gasteiger partial charge on any atom is -0.0628 e. The van der Waals surface area contributed by atoms with Gasteiger partial charge in [0, 0.05) is 0 Å². The van der Waals surface area contributed by atoms with E-state index in [0.717, 1.165) is 17.8 Å². The standard InChI is InChI=1S/C17H26/c1-13(2)12-15-9-5-7-11-17(15)16-10-6-4-8-14(16)3/h4,6,8,10,13,15,17H,5,7,9,11-12H2,1-3H3. The molecule has 0 amide bonds. The second kappa shape index (κ2) is 5.71. The molecule has 0 saturated heterocycles. The van der Waals surface area contributed by atoms with Gasteiger partial charge in [0.25, 0.3) is 0 Å². The van der Waals surface area contributed by atoms with Gasteiger partial charge < -0.3 is 0 Å². The van der Waals surface area contributed by atoms with Crippen molar-refractivity contribution in [3.63, 3.8) is 0 Å². The van der Waals surface area contributed by atoms with Crippen LogP contribution < -0.4 is 0 Å². The van der Waals surface area contributed by atoms with Gasteiger partial charge in [-0.1, -0.05) is 51.0 Å². The summed E-state index contributed by atoms with van der Waals surface area (Å²) in [7, 11) is 0. The second-order valence-electron chi connectivity index (χ2n) is 6.14. The highest BCUT2D eigenvalue weighted by molar-refractivity contribution is 5.30. The Morgan fingerprint density at radius 3 is 2.53 bits per heavy atom. The maximum atomic E-state index is 2.36. The molecule has 1 saturated carbocycles. The van der Waals surface area contributed by atoms with Crippen LogP contribution >= 0.6 is 0 Å². The van der Waals surface area contributed by atoms with E-state index >= 15 is 0 Å². The molecule has 94 valence electrons. The average molecular weight is 230 g/mol. The zero-order valence-corrected chi connectivity index (χ0v) is 11.6. The highest BCUT2D eigenvalue weighted by atomic mass is 14.3. The predicted octanol–water partition coefficient (Wildman–Crippen LogP) is 5.31. The molecule has 1 aliphatic rings. The van der Waals surface area contributed by atoms with Gasteiger partial charge >= 0.3 is 0 Å². The molecule has 1 aromatic rings. The highest BCUT2D eigenvalue weighted by Gasteiger charge is 2.27. The van der Waals surface area contributed by atoms with E-state index in [2.05, 4.69) is 45.0 Å². The molecular weight excluding hydrogens is 204 g/mol. The van der Waals surface area contributed by atoms with Gasteiger partial charge in [-0.15, -0.1) is 0 Å². The third kappa shape index (κ3) is 3.12. The first-order valence-electron chi connectivity index (χ1n) is 7.24. The fourth-order valence-electron chi connectivity index (χ4n) is 3.51. The summed E-state index contributed by atoms with van der Waals surface area (Å²) >= 11 is 0. The molecule has 1 aliphatic carbocycles. The molecule has 0 aromatic heterocycles. The van der Waals surface area contributed by atoms with Gasteiger partial charge in [-0.05, 0) is 55.1 Å². The summed E-state index contributed by atoms with van der Waals surface area (Å²) in [5.41, 5.74) is 3.12. The molecule has 17 heavy (non-hydrogen) atoms. The first-order valence-corrected chi connectivity index (χ1v) is 7.24. The Hall–Kier alpha value is -0.780. The number of aryl methyl sites for hydroxylation is 1. The summed E-state index contributed by atoms with van der Waals surface area (Å²) in [6, 6.07) is 9.01. The van der Waals surface area contributed by atoms with Crippen molar-refractivity contribution < 1.29 is 0 Å². The summed E-state index contributed by atoms with van der Waals surface area (Å²) in [5.74, 6) is 2.59. The van der Waals surface area contributed by atoms with Gasteiger partial charge in [-0.25, -0.2) is 0 Å². The summed E-state index contributed by atoms with van der Waals surface area (Å²) in [5, 5.41) is 0. The molecule has 0 heteroatoms. The van der Waals surface area contributed by atoms with Crippen molar-refractivity contribution in [2.45, 2.75) is 58.8 Å². The van der Waals surface area contributed by atoms with E-state index in [1.807, 2.05) is 0 Å². The molecule has 2 rings (SSSR count). The Labute approximate surface area is 106 Å². The smallest absolute Gasteiger partial charge is 0.0131 e. The summed E-state index contributed by atoms with van der Waals surface area (Å²) in [6.45, 7) is 7.00. The molecule has 1 fully saturated rings. The number of hydrogen-bond acceptors (Lipinski definition) is 0. The van der Waals surface area contributed by atoms with Gasteiger partial charge in [0.1, 0.15) is 0 Å². The third-order valence-corrected chi connectivity index (χ3v) is 4.27. The van der Waals surface area contributed by atoms with Crippen LogP contribution in [0.2, 0.25) is 0 Å². The zero-order valence-electron chi connectivity index (χ0n) is 11.6. The van der Waals surface area contributed by atoms with Crippen molar-refractivity contribution in [3.8, 4) is 0 Å². The van der Waals surface area contributed by atoms with Crippen LogP contribution in [0.1, 0.15) is 63.0 Å². The van der Waals surface area contributed by atoms with E-state index in [4.69, 9.17) is 0 Å². The fraction of sp³-hybridized carbons (Fsp3) is 0.647. The lowest BCUT2D eigenvalue weighted by molar-refractivity contribution is 0.263. The van der Waals surface area contributed by atoms with Gasteiger partial charge in [-0.3, -0.25) is 0 Å². The van der Waals surface area contributed by atoms with Gasteiger partial charge in [0.15, 0.2) is 0 Å². The van der Waals surface area contributed by atoms with Gasteiger partial charge in [-0.2, -0.15) is 0 Å². The summed E-state index contributed by atoms with van der Waals surface area (Å²) < 4.78 is 0. The topological polar surface area (TPSA) is 0 Å². The zero-order chi connectivity index (χ0) is 12.3. The monoisotopic (exact) mass is 230 g/mol. The van der Waals surface area contributed by atoms with Gasteiger partial charge in [0.2, 0.25) is 0 Å². The Morgan fingerprint density at radius 1 is 1.12 bits per heavy atom. The first-order chi connectivity index (χ1) is 8.18. The Kier molecular flexibility index (Phi) is 4.25. The second-order valence-corrected chi connectivity index (χ2v) is 6.14. The van der Waals surface area contributed by atoms with Crippen LogP contribution in [0, 0.1) is 18.8 Å². The van der Waals surface area contributed by atoms with Crippen LogP contribution in [0.4, 0.5) is 0 Å². The lowest BCUT2D eigenvalue weighted by atomic mass is 9.71. The predicted molar refractivity (Wildman–Crippen MR) is 75.3 cm³/mol. The molecular formula is C17H26. The maximum Gasteiger partial charge on any atom is -0.0131 e. The SMILES string of the molecule is Cc1ccccc1C1CCCCC1CC(C)C. The fourth-order valence-corrected chi connectivity index (χ4v) is 3.51. The van der Waals surface area contributed by atoms with Crippen LogP contribution in [-0.2, 0) is 0 Å². The van der Waals surface area contributed by atoms with E-state index in [1.165, 1.54) is 37.7 Å². The average Bonchev–Trinajstić information content (AvgIpc) is 2.30. The normalized spacial score (nSPS) is 25.2.